The fraction of sp³-hybridized carbons (Fsp3) is 0.238. The Morgan fingerprint density at radius 2 is 1.96 bits per heavy atom. The van der Waals surface area contributed by atoms with Gasteiger partial charge >= 0.3 is 0 Å². The summed E-state index contributed by atoms with van der Waals surface area (Å²) in [6, 6.07) is 8.91. The van der Waals surface area contributed by atoms with E-state index in [2.05, 4.69) is 10.1 Å². The highest BCUT2D eigenvalue weighted by atomic mass is 35.5. The first-order chi connectivity index (χ1) is 13.4. The number of anilines is 1. The molecule has 0 atom stereocenters. The molecule has 6 nitrogen and oxygen atoms in total. The van der Waals surface area contributed by atoms with E-state index in [1.165, 1.54) is 0 Å². The van der Waals surface area contributed by atoms with Crippen LogP contribution in [-0.2, 0) is 11.2 Å². The summed E-state index contributed by atoms with van der Waals surface area (Å²) >= 11 is 6.42. The molecule has 7 heteroatoms. The highest BCUT2D eigenvalue weighted by Gasteiger charge is 2.14. The predicted octanol–water partition coefficient (Wildman–Crippen LogP) is 4.50. The van der Waals surface area contributed by atoms with E-state index in [9.17, 15) is 9.59 Å². The molecular weight excluding hydrogens is 378 g/mol. The molecular formula is C21H20ClN3O3. The third kappa shape index (κ3) is 4.12. The molecule has 0 spiro atoms. The minimum Gasteiger partial charge on any atom is -0.361 e. The molecule has 0 radical (unpaired) electrons. The molecule has 1 aromatic carbocycles. The van der Waals surface area contributed by atoms with Crippen molar-refractivity contribution in [1.82, 2.24) is 10.1 Å². The molecule has 0 saturated heterocycles. The number of nitrogens with zero attached hydrogens (tertiary/aromatic N) is 3. The van der Waals surface area contributed by atoms with Crippen molar-refractivity contribution in [1.29, 1.82) is 0 Å². The van der Waals surface area contributed by atoms with E-state index < -0.39 is 0 Å². The molecule has 2 heterocycles. The molecule has 3 aromatic rings. The van der Waals surface area contributed by atoms with E-state index in [0.717, 1.165) is 22.4 Å². The summed E-state index contributed by atoms with van der Waals surface area (Å²) in [5, 5.41) is 4.19. The Labute approximate surface area is 168 Å². The molecule has 1 amide bonds. The van der Waals surface area contributed by atoms with Gasteiger partial charge in [0.15, 0.2) is 5.78 Å². The molecule has 0 aliphatic heterocycles. The lowest BCUT2D eigenvalue weighted by atomic mass is 10.0. The number of halogens is 1. The lowest BCUT2D eigenvalue weighted by Crippen LogP contribution is -2.24. The Hall–Kier alpha value is -2.99. The molecule has 3 rings (SSSR count). The first kappa shape index (κ1) is 19.8. The van der Waals surface area contributed by atoms with Crippen LogP contribution in [0, 0.1) is 6.92 Å². The van der Waals surface area contributed by atoms with Crippen molar-refractivity contribution in [3.63, 3.8) is 0 Å². The van der Waals surface area contributed by atoms with Crippen LogP contribution in [0.25, 0.3) is 11.1 Å². The Balaban J connectivity index is 1.78. The first-order valence-electron chi connectivity index (χ1n) is 8.86. The predicted molar refractivity (Wildman–Crippen MR) is 108 cm³/mol. The van der Waals surface area contributed by atoms with Crippen molar-refractivity contribution in [2.24, 2.45) is 0 Å². The quantitative estimate of drug-likeness (QED) is 0.572. The van der Waals surface area contributed by atoms with E-state index in [1.54, 1.807) is 43.4 Å². The summed E-state index contributed by atoms with van der Waals surface area (Å²) in [4.78, 5) is 30.1. The lowest BCUT2D eigenvalue weighted by molar-refractivity contribution is -0.118. The molecule has 0 saturated carbocycles. The zero-order valence-corrected chi connectivity index (χ0v) is 16.7. The highest BCUT2D eigenvalue weighted by molar-refractivity contribution is 6.33. The summed E-state index contributed by atoms with van der Waals surface area (Å²) < 4.78 is 4.98. The van der Waals surface area contributed by atoms with Crippen molar-refractivity contribution >= 4 is 29.0 Å². The van der Waals surface area contributed by atoms with Gasteiger partial charge in [0.1, 0.15) is 11.5 Å². The summed E-state index contributed by atoms with van der Waals surface area (Å²) in [5.41, 5.74) is 3.41. The second-order valence-electron chi connectivity index (χ2n) is 6.41. The van der Waals surface area contributed by atoms with Gasteiger partial charge in [-0.25, -0.2) is 0 Å². The highest BCUT2D eigenvalue weighted by Crippen LogP contribution is 2.31. The van der Waals surface area contributed by atoms with Crippen molar-refractivity contribution in [2.75, 3.05) is 11.9 Å². The van der Waals surface area contributed by atoms with Gasteiger partial charge in [-0.15, -0.1) is 0 Å². The van der Waals surface area contributed by atoms with Gasteiger partial charge in [0, 0.05) is 48.5 Å². The fourth-order valence-electron chi connectivity index (χ4n) is 2.80. The number of hydrogen-bond acceptors (Lipinski definition) is 5. The van der Waals surface area contributed by atoms with Gasteiger partial charge in [0.2, 0.25) is 5.91 Å². The zero-order chi connectivity index (χ0) is 20.3. The van der Waals surface area contributed by atoms with Crippen LogP contribution in [0.1, 0.15) is 35.2 Å². The second-order valence-corrected chi connectivity index (χ2v) is 6.82. The summed E-state index contributed by atoms with van der Waals surface area (Å²) in [6.45, 7) is 3.58. The van der Waals surface area contributed by atoms with Crippen LogP contribution in [0.15, 0.2) is 47.2 Å². The Kier molecular flexibility index (Phi) is 5.90. The number of rotatable bonds is 6. The van der Waals surface area contributed by atoms with Crippen molar-refractivity contribution < 1.29 is 14.1 Å². The van der Waals surface area contributed by atoms with Crippen LogP contribution >= 0.6 is 11.6 Å². The number of benzene rings is 1. The number of amides is 1. The SMILES string of the molecule is CCC(=O)N(C)c1ccc(-c2ccc(C(=O)Cc3cnoc3C)nc2)c(Cl)c1. The molecule has 0 N–H and O–H groups in total. The lowest BCUT2D eigenvalue weighted by Gasteiger charge is -2.17. The van der Waals surface area contributed by atoms with Gasteiger partial charge in [-0.2, -0.15) is 0 Å². The minimum absolute atomic E-state index is 0.0106. The van der Waals surface area contributed by atoms with Crippen LogP contribution < -0.4 is 4.90 Å². The van der Waals surface area contributed by atoms with Crippen LogP contribution in [0.5, 0.6) is 0 Å². The normalized spacial score (nSPS) is 10.7. The topological polar surface area (TPSA) is 76.3 Å². The molecule has 0 aliphatic carbocycles. The number of aromatic nitrogens is 2. The van der Waals surface area contributed by atoms with Gasteiger partial charge in [0.05, 0.1) is 11.2 Å². The number of carbonyl (C=O) groups is 2. The number of pyridine rings is 1. The van der Waals surface area contributed by atoms with Gasteiger partial charge in [-0.05, 0) is 25.1 Å². The third-order valence-electron chi connectivity index (χ3n) is 4.58. The maximum Gasteiger partial charge on any atom is 0.226 e. The molecule has 28 heavy (non-hydrogen) atoms. The Morgan fingerprint density at radius 1 is 1.18 bits per heavy atom. The Bertz CT molecular complexity index is 1010. The van der Waals surface area contributed by atoms with Crippen LogP contribution in [0.4, 0.5) is 5.69 Å². The molecule has 0 unspecified atom stereocenters. The summed E-state index contributed by atoms with van der Waals surface area (Å²) in [5.74, 6) is 0.527. The number of Topliss-reactive ketones (excluding diaryl/α,β-unsaturated/α-hetero) is 1. The maximum atomic E-state index is 12.4. The van der Waals surface area contributed by atoms with Crippen molar-refractivity contribution in [3.8, 4) is 11.1 Å². The van der Waals surface area contributed by atoms with E-state index in [4.69, 9.17) is 16.1 Å². The van der Waals surface area contributed by atoms with Gasteiger partial charge in [0.25, 0.3) is 0 Å². The summed E-state index contributed by atoms with van der Waals surface area (Å²) in [7, 11) is 1.72. The zero-order valence-electron chi connectivity index (χ0n) is 15.9. The number of aryl methyl sites for hydroxylation is 1. The number of hydrogen-bond donors (Lipinski definition) is 0. The smallest absolute Gasteiger partial charge is 0.226 e. The Morgan fingerprint density at radius 3 is 2.54 bits per heavy atom. The third-order valence-corrected chi connectivity index (χ3v) is 4.89. The van der Waals surface area contributed by atoms with Gasteiger partial charge < -0.3 is 9.42 Å². The monoisotopic (exact) mass is 397 g/mol. The fourth-order valence-corrected chi connectivity index (χ4v) is 3.08. The molecule has 144 valence electrons. The first-order valence-corrected chi connectivity index (χ1v) is 9.24. The number of carbonyl (C=O) groups excluding carboxylic acids is 2. The second kappa shape index (κ2) is 8.35. The molecule has 0 bridgehead atoms. The minimum atomic E-state index is -0.112. The summed E-state index contributed by atoms with van der Waals surface area (Å²) in [6.07, 6.45) is 3.78. The van der Waals surface area contributed by atoms with Crippen molar-refractivity contribution in [3.05, 3.63) is 64.8 Å². The van der Waals surface area contributed by atoms with E-state index in [1.807, 2.05) is 25.1 Å². The van der Waals surface area contributed by atoms with E-state index in [-0.39, 0.29) is 18.1 Å². The largest absolute Gasteiger partial charge is 0.361 e. The van der Waals surface area contributed by atoms with E-state index >= 15 is 0 Å². The molecule has 2 aromatic heterocycles. The number of ketones is 1. The standard InChI is InChI=1S/C21H20ClN3O3/c1-4-21(27)25(3)16-6-7-17(18(22)10-16)14-5-8-19(23-11-14)20(26)9-15-12-24-28-13(15)2/h5-8,10-12H,4,9H2,1-3H3. The molecule has 0 aliphatic rings. The average molecular weight is 398 g/mol. The van der Waals surface area contributed by atoms with Crippen LogP contribution in [0.2, 0.25) is 5.02 Å². The van der Waals surface area contributed by atoms with Crippen molar-refractivity contribution in [2.45, 2.75) is 26.7 Å². The van der Waals surface area contributed by atoms with E-state index in [0.29, 0.717) is 22.9 Å². The van der Waals surface area contributed by atoms with Crippen LogP contribution in [0.3, 0.4) is 0 Å². The van der Waals surface area contributed by atoms with Gasteiger partial charge in [-0.3, -0.25) is 14.6 Å². The molecule has 0 fully saturated rings. The maximum absolute atomic E-state index is 12.4. The van der Waals surface area contributed by atoms with Crippen LogP contribution in [-0.4, -0.2) is 28.9 Å². The van der Waals surface area contributed by atoms with Gasteiger partial charge in [-0.1, -0.05) is 35.8 Å². The average Bonchev–Trinajstić information content (AvgIpc) is 3.11.